The molecule has 2 aliphatic rings. The number of hydrogen-bond acceptors (Lipinski definition) is 5. The van der Waals surface area contributed by atoms with Crippen LogP contribution in [0, 0.1) is 0 Å². The summed E-state index contributed by atoms with van der Waals surface area (Å²) in [6.45, 7) is 0.143. The number of aliphatic carboxylic acids is 1. The molecular formula is C25H24N2O4S. The van der Waals surface area contributed by atoms with E-state index in [1.165, 1.54) is 16.2 Å². The van der Waals surface area contributed by atoms with Crippen molar-refractivity contribution in [3.05, 3.63) is 71.2 Å². The third-order valence-electron chi connectivity index (χ3n) is 6.64. The molecule has 0 aliphatic heterocycles. The minimum Gasteiger partial charge on any atom is -0.479 e. The molecule has 1 heterocycles. The molecular weight excluding hydrogens is 424 g/mol. The van der Waals surface area contributed by atoms with Gasteiger partial charge in [-0.1, -0.05) is 67.8 Å². The fraction of sp³-hybridized carbons (Fsp3) is 0.320. The molecule has 0 unspecified atom stereocenters. The number of nitrogens with zero attached hydrogens (tertiary/aromatic N) is 2. The zero-order valence-corrected chi connectivity index (χ0v) is 18.4. The summed E-state index contributed by atoms with van der Waals surface area (Å²) in [5.41, 5.74) is 3.21. The predicted octanol–water partition coefficient (Wildman–Crippen LogP) is 5.69. The van der Waals surface area contributed by atoms with Crippen molar-refractivity contribution >= 4 is 28.5 Å². The van der Waals surface area contributed by atoms with Gasteiger partial charge in [-0.05, 0) is 35.1 Å². The maximum absolute atomic E-state index is 13.4. The summed E-state index contributed by atoms with van der Waals surface area (Å²) in [5.74, 6) is -1.09. The number of carboxylic acid groups (broad SMARTS) is 1. The molecule has 0 bridgehead atoms. The molecule has 0 atom stereocenters. The average molecular weight is 449 g/mol. The van der Waals surface area contributed by atoms with Crippen molar-refractivity contribution < 1.29 is 19.4 Å². The van der Waals surface area contributed by atoms with Gasteiger partial charge in [-0.2, -0.15) is 0 Å². The summed E-state index contributed by atoms with van der Waals surface area (Å²) < 4.78 is 5.84. The lowest BCUT2D eigenvalue weighted by Gasteiger charge is -2.40. The highest BCUT2D eigenvalue weighted by Gasteiger charge is 2.50. The number of ether oxygens (including phenoxy) is 1. The van der Waals surface area contributed by atoms with E-state index in [1.54, 1.807) is 11.6 Å². The van der Waals surface area contributed by atoms with Crippen LogP contribution in [-0.2, 0) is 9.53 Å². The molecule has 1 N–H and O–H groups in total. The molecule has 164 valence electrons. The van der Waals surface area contributed by atoms with Crippen LogP contribution in [0.3, 0.4) is 0 Å². The standard InChI is InChI=1S/C25H24N2O4S/c28-22(29)25(12-6-1-7-13-25)27(23-26-14-15-32-23)24(30)31-16-21-19-10-4-2-8-17(19)18-9-3-5-11-20(18)21/h2-5,8-11,14-15,21H,1,6-7,12-13,16H2,(H,28,29). The van der Waals surface area contributed by atoms with Crippen LogP contribution < -0.4 is 4.90 Å². The van der Waals surface area contributed by atoms with E-state index in [0.717, 1.165) is 41.5 Å². The van der Waals surface area contributed by atoms with Gasteiger partial charge >= 0.3 is 12.1 Å². The number of carbonyl (C=O) groups is 2. The molecule has 0 saturated heterocycles. The van der Waals surface area contributed by atoms with Gasteiger partial charge in [0.05, 0.1) is 0 Å². The predicted molar refractivity (Wildman–Crippen MR) is 123 cm³/mol. The molecule has 2 aromatic carbocycles. The van der Waals surface area contributed by atoms with Crippen LogP contribution in [-0.4, -0.2) is 34.3 Å². The average Bonchev–Trinajstić information content (AvgIpc) is 3.45. The van der Waals surface area contributed by atoms with Gasteiger partial charge in [-0.15, -0.1) is 11.3 Å². The van der Waals surface area contributed by atoms with Gasteiger partial charge in [-0.3, -0.25) is 0 Å². The Bertz CT molecular complexity index is 1090. The number of anilines is 1. The highest BCUT2D eigenvalue weighted by molar-refractivity contribution is 7.13. The molecule has 7 heteroatoms. The van der Waals surface area contributed by atoms with E-state index in [-0.39, 0.29) is 12.5 Å². The van der Waals surface area contributed by atoms with Crippen molar-refractivity contribution in [1.29, 1.82) is 0 Å². The Kier molecular flexibility index (Phi) is 5.43. The molecule has 1 amide bonds. The number of rotatable bonds is 5. The van der Waals surface area contributed by atoms with Crippen LogP contribution in [0.15, 0.2) is 60.1 Å². The van der Waals surface area contributed by atoms with Gasteiger partial charge in [0.15, 0.2) is 10.7 Å². The lowest BCUT2D eigenvalue weighted by Crippen LogP contribution is -2.58. The largest absolute Gasteiger partial charge is 0.479 e. The maximum Gasteiger partial charge on any atom is 0.417 e. The minimum atomic E-state index is -1.32. The van der Waals surface area contributed by atoms with Crippen LogP contribution in [0.1, 0.15) is 49.1 Å². The van der Waals surface area contributed by atoms with Crippen molar-refractivity contribution in [2.75, 3.05) is 11.5 Å². The molecule has 0 spiro atoms. The van der Waals surface area contributed by atoms with E-state index in [1.807, 2.05) is 24.3 Å². The number of hydrogen-bond donors (Lipinski definition) is 1. The van der Waals surface area contributed by atoms with Gasteiger partial charge in [0.2, 0.25) is 0 Å². The van der Waals surface area contributed by atoms with E-state index in [0.29, 0.717) is 18.0 Å². The molecule has 1 fully saturated rings. The zero-order valence-electron chi connectivity index (χ0n) is 17.6. The van der Waals surface area contributed by atoms with Crippen LogP contribution in [0.25, 0.3) is 11.1 Å². The second-order valence-corrected chi connectivity index (χ2v) is 9.22. The molecule has 2 aliphatic carbocycles. The summed E-state index contributed by atoms with van der Waals surface area (Å²) in [5, 5.41) is 12.3. The minimum absolute atomic E-state index is 0.0865. The van der Waals surface area contributed by atoms with E-state index < -0.39 is 17.6 Å². The molecule has 1 saturated carbocycles. The summed E-state index contributed by atoms with van der Waals surface area (Å²) >= 11 is 1.25. The Hall–Kier alpha value is -3.19. The van der Waals surface area contributed by atoms with Crippen molar-refractivity contribution in [3.63, 3.8) is 0 Å². The lowest BCUT2D eigenvalue weighted by molar-refractivity contribution is -0.144. The number of fused-ring (bicyclic) bond motifs is 3. The van der Waals surface area contributed by atoms with Crippen molar-refractivity contribution in [3.8, 4) is 11.1 Å². The first-order valence-corrected chi connectivity index (χ1v) is 11.8. The number of carbonyl (C=O) groups excluding carboxylic acids is 1. The summed E-state index contributed by atoms with van der Waals surface area (Å²) in [6, 6.07) is 16.3. The lowest BCUT2D eigenvalue weighted by atomic mass is 9.80. The van der Waals surface area contributed by atoms with Crippen molar-refractivity contribution in [1.82, 2.24) is 4.98 Å². The Balaban J connectivity index is 1.45. The summed E-state index contributed by atoms with van der Waals surface area (Å²) in [4.78, 5) is 31.4. The van der Waals surface area contributed by atoms with E-state index in [4.69, 9.17) is 4.74 Å². The number of amides is 1. The zero-order chi connectivity index (χ0) is 22.1. The van der Waals surface area contributed by atoms with Crippen LogP contribution in [0.5, 0.6) is 0 Å². The number of aromatic nitrogens is 1. The van der Waals surface area contributed by atoms with E-state index in [9.17, 15) is 14.7 Å². The van der Waals surface area contributed by atoms with E-state index in [2.05, 4.69) is 29.2 Å². The third kappa shape index (κ3) is 3.37. The molecule has 6 nitrogen and oxygen atoms in total. The summed E-state index contributed by atoms with van der Waals surface area (Å²) in [7, 11) is 0. The van der Waals surface area contributed by atoms with Gasteiger partial charge in [0.25, 0.3) is 0 Å². The molecule has 5 rings (SSSR count). The van der Waals surface area contributed by atoms with Crippen molar-refractivity contribution in [2.45, 2.75) is 43.6 Å². The first-order chi connectivity index (χ1) is 15.6. The second kappa shape index (κ2) is 8.39. The van der Waals surface area contributed by atoms with Crippen LogP contribution in [0.2, 0.25) is 0 Å². The second-order valence-electron chi connectivity index (χ2n) is 8.35. The highest BCUT2D eigenvalue weighted by Crippen LogP contribution is 2.45. The fourth-order valence-electron chi connectivity index (χ4n) is 5.09. The quantitative estimate of drug-likeness (QED) is 0.543. The smallest absolute Gasteiger partial charge is 0.417 e. The first-order valence-electron chi connectivity index (χ1n) is 10.9. The maximum atomic E-state index is 13.4. The highest BCUT2D eigenvalue weighted by atomic mass is 32.1. The Labute approximate surface area is 190 Å². The Morgan fingerprint density at radius 1 is 1.03 bits per heavy atom. The van der Waals surface area contributed by atoms with Gasteiger partial charge < -0.3 is 9.84 Å². The Morgan fingerprint density at radius 3 is 2.22 bits per heavy atom. The monoisotopic (exact) mass is 448 g/mol. The van der Waals surface area contributed by atoms with Crippen molar-refractivity contribution in [2.24, 2.45) is 0 Å². The number of carboxylic acids is 1. The third-order valence-corrected chi connectivity index (χ3v) is 7.39. The SMILES string of the molecule is O=C(OCC1c2ccccc2-c2ccccc21)N(c1nccs1)C1(C(=O)O)CCCCC1. The number of benzene rings is 2. The van der Waals surface area contributed by atoms with Gasteiger partial charge in [-0.25, -0.2) is 19.5 Å². The molecule has 0 radical (unpaired) electrons. The normalized spacial score (nSPS) is 16.8. The molecule has 32 heavy (non-hydrogen) atoms. The number of thiazole rings is 1. The molecule has 3 aromatic rings. The summed E-state index contributed by atoms with van der Waals surface area (Å²) in [6.07, 6.45) is 4.20. The first kappa shape index (κ1) is 20.7. The fourth-order valence-corrected chi connectivity index (χ4v) is 5.81. The van der Waals surface area contributed by atoms with Gasteiger partial charge in [0, 0.05) is 17.5 Å². The topological polar surface area (TPSA) is 79.7 Å². The van der Waals surface area contributed by atoms with E-state index >= 15 is 0 Å². The van der Waals surface area contributed by atoms with Crippen LogP contribution >= 0.6 is 11.3 Å². The van der Waals surface area contributed by atoms with Gasteiger partial charge in [0.1, 0.15) is 6.61 Å². The Morgan fingerprint density at radius 2 is 1.66 bits per heavy atom. The van der Waals surface area contributed by atoms with Crippen LogP contribution in [0.4, 0.5) is 9.93 Å². The molecule has 1 aromatic heterocycles.